The number of carbonyl (C=O) groups is 2. The number of amides is 2. The third kappa shape index (κ3) is 9.56. The summed E-state index contributed by atoms with van der Waals surface area (Å²) in [6, 6.07) is 28.1. The highest BCUT2D eigenvalue weighted by Gasteiger charge is 2.36. The van der Waals surface area contributed by atoms with Gasteiger partial charge in [-0.15, -0.1) is 0 Å². The number of anilines is 1. The van der Waals surface area contributed by atoms with Crippen LogP contribution in [-0.4, -0.2) is 50.4 Å². The maximum absolute atomic E-state index is 14.8. The molecule has 0 radical (unpaired) electrons. The van der Waals surface area contributed by atoms with Crippen LogP contribution in [-0.2, 0) is 32.6 Å². The van der Waals surface area contributed by atoms with E-state index < -0.39 is 28.5 Å². The van der Waals surface area contributed by atoms with Gasteiger partial charge in [0.2, 0.25) is 11.8 Å². The van der Waals surface area contributed by atoms with Crippen LogP contribution in [0.5, 0.6) is 5.75 Å². The second-order valence-corrected chi connectivity index (χ2v) is 14.8. The number of nitrogens with one attached hydrogen (secondary N) is 1. The third-order valence-electron chi connectivity index (χ3n) is 8.58. The highest BCUT2D eigenvalue weighted by Crippen LogP contribution is 2.33. The van der Waals surface area contributed by atoms with Gasteiger partial charge in [0.15, 0.2) is 0 Å². The van der Waals surface area contributed by atoms with Gasteiger partial charge in [0, 0.05) is 29.1 Å². The third-order valence-corrected chi connectivity index (χ3v) is 10.8. The van der Waals surface area contributed by atoms with Gasteiger partial charge < -0.3 is 15.0 Å². The minimum atomic E-state index is -4.32. The van der Waals surface area contributed by atoms with E-state index in [2.05, 4.69) is 5.32 Å². The molecule has 0 heterocycles. The monoisotopic (exact) mass is 721 g/mol. The molecular weight excluding hydrogens is 681 g/mol. The SMILES string of the molecule is CCOc1ccccc1N(CC(=O)N(Cc1cccc(Cl)c1)[C@@H](Cc1ccccc1)C(=O)NC1CCCCC1)S(=O)(=O)c1ccc(Cl)cc1. The number of nitrogens with zero attached hydrogens (tertiary/aromatic N) is 2. The number of halogens is 2. The van der Waals surface area contributed by atoms with Crippen LogP contribution in [0.1, 0.15) is 50.2 Å². The van der Waals surface area contributed by atoms with Gasteiger partial charge >= 0.3 is 0 Å². The maximum Gasteiger partial charge on any atom is 0.264 e. The van der Waals surface area contributed by atoms with Crippen LogP contribution in [0.2, 0.25) is 10.0 Å². The Bertz CT molecular complexity index is 1820. The molecule has 0 aromatic heterocycles. The van der Waals surface area contributed by atoms with Crippen LogP contribution in [0.15, 0.2) is 108 Å². The second-order valence-electron chi connectivity index (χ2n) is 12.1. The average Bonchev–Trinajstić information content (AvgIpc) is 3.10. The molecule has 0 aliphatic heterocycles. The van der Waals surface area contributed by atoms with Gasteiger partial charge in [0.25, 0.3) is 10.0 Å². The first-order valence-electron chi connectivity index (χ1n) is 16.5. The van der Waals surface area contributed by atoms with E-state index in [4.69, 9.17) is 27.9 Å². The summed E-state index contributed by atoms with van der Waals surface area (Å²) in [4.78, 5) is 30.5. The average molecular weight is 723 g/mol. The molecule has 0 unspecified atom stereocenters. The lowest BCUT2D eigenvalue weighted by Crippen LogP contribution is -2.55. The molecule has 4 aromatic rings. The number of rotatable bonds is 14. The topological polar surface area (TPSA) is 96.0 Å². The standard InChI is InChI=1S/C38H41Cl2N3O5S/c1-2-48-36-19-10-9-18-34(36)43(49(46,47)33-22-20-30(39)21-23-33)27-37(44)42(26-29-14-11-15-31(40)24-29)35(25-28-12-5-3-6-13-28)38(45)41-32-16-7-4-8-17-32/h3,5-6,9-15,18-24,32,35H,2,4,7-8,16-17,25-27H2,1H3,(H,41,45)/t35-/m0/s1. The van der Waals surface area contributed by atoms with E-state index >= 15 is 0 Å². The van der Waals surface area contributed by atoms with E-state index in [0.717, 1.165) is 42.0 Å². The van der Waals surface area contributed by atoms with E-state index in [1.807, 2.05) is 36.4 Å². The summed E-state index contributed by atoms with van der Waals surface area (Å²) in [5.41, 5.74) is 1.76. The van der Waals surface area contributed by atoms with Crippen molar-refractivity contribution in [3.63, 3.8) is 0 Å². The Labute approximate surface area is 299 Å². The Hall–Kier alpha value is -4.05. The number of benzene rings is 4. The highest BCUT2D eigenvalue weighted by atomic mass is 35.5. The van der Waals surface area contributed by atoms with E-state index in [9.17, 15) is 18.0 Å². The molecule has 4 aromatic carbocycles. The Balaban J connectivity index is 1.59. The predicted molar refractivity (Wildman–Crippen MR) is 195 cm³/mol. The molecule has 0 saturated heterocycles. The Kier molecular flexibility index (Phi) is 12.6. The van der Waals surface area contributed by atoms with E-state index in [1.54, 1.807) is 49.4 Å². The zero-order valence-corrected chi connectivity index (χ0v) is 29.8. The summed E-state index contributed by atoms with van der Waals surface area (Å²) in [6.07, 6.45) is 5.14. The second kappa shape index (κ2) is 17.1. The summed E-state index contributed by atoms with van der Waals surface area (Å²) in [7, 11) is -4.32. The molecule has 1 N–H and O–H groups in total. The van der Waals surface area contributed by atoms with Crippen LogP contribution in [0.4, 0.5) is 5.69 Å². The molecule has 258 valence electrons. The number of hydrogen-bond acceptors (Lipinski definition) is 5. The number of hydrogen-bond donors (Lipinski definition) is 1. The van der Waals surface area contributed by atoms with Crippen molar-refractivity contribution in [2.24, 2.45) is 0 Å². The lowest BCUT2D eigenvalue weighted by molar-refractivity contribution is -0.140. The molecule has 0 spiro atoms. The summed E-state index contributed by atoms with van der Waals surface area (Å²) < 4.78 is 35.6. The highest BCUT2D eigenvalue weighted by molar-refractivity contribution is 7.92. The normalized spacial score (nSPS) is 14.1. The van der Waals surface area contributed by atoms with Crippen LogP contribution in [0.3, 0.4) is 0 Å². The fourth-order valence-electron chi connectivity index (χ4n) is 6.12. The van der Waals surface area contributed by atoms with Crippen LogP contribution < -0.4 is 14.4 Å². The van der Waals surface area contributed by atoms with Gasteiger partial charge in [-0.05, 0) is 79.4 Å². The van der Waals surface area contributed by atoms with Crippen molar-refractivity contribution in [3.05, 3.63) is 124 Å². The van der Waals surface area contributed by atoms with Crippen molar-refractivity contribution in [2.45, 2.75) is 69.0 Å². The maximum atomic E-state index is 14.8. The van der Waals surface area contributed by atoms with Crippen molar-refractivity contribution >= 4 is 50.7 Å². The molecule has 2 amide bonds. The summed E-state index contributed by atoms with van der Waals surface area (Å²) in [6.45, 7) is 1.50. The summed E-state index contributed by atoms with van der Waals surface area (Å²) >= 11 is 12.5. The molecular formula is C38H41Cl2N3O5S. The van der Waals surface area contributed by atoms with Gasteiger partial charge in [-0.2, -0.15) is 0 Å². The van der Waals surface area contributed by atoms with E-state index in [-0.39, 0.29) is 42.1 Å². The number of carbonyl (C=O) groups excluding carboxylic acids is 2. The van der Waals surface area contributed by atoms with Gasteiger partial charge in [0.05, 0.1) is 17.2 Å². The van der Waals surface area contributed by atoms with E-state index in [1.165, 1.54) is 29.2 Å². The van der Waals surface area contributed by atoms with Crippen molar-refractivity contribution in [1.82, 2.24) is 10.2 Å². The lowest BCUT2D eigenvalue weighted by Gasteiger charge is -2.35. The molecule has 1 aliphatic carbocycles. The van der Waals surface area contributed by atoms with Crippen LogP contribution >= 0.6 is 23.2 Å². The van der Waals surface area contributed by atoms with Crippen molar-refractivity contribution < 1.29 is 22.7 Å². The largest absolute Gasteiger partial charge is 0.492 e. The molecule has 8 nitrogen and oxygen atoms in total. The molecule has 1 aliphatic rings. The van der Waals surface area contributed by atoms with E-state index in [0.29, 0.717) is 21.4 Å². The molecule has 11 heteroatoms. The first-order chi connectivity index (χ1) is 23.7. The van der Waals surface area contributed by atoms with Gasteiger partial charge in [-0.1, -0.05) is 97.1 Å². The first-order valence-corrected chi connectivity index (χ1v) is 18.7. The predicted octanol–water partition coefficient (Wildman–Crippen LogP) is 7.68. The van der Waals surface area contributed by atoms with Crippen molar-refractivity contribution in [3.8, 4) is 5.75 Å². The molecule has 1 saturated carbocycles. The number of ether oxygens (including phenoxy) is 1. The van der Waals surface area contributed by atoms with Crippen LogP contribution in [0, 0.1) is 0 Å². The number of para-hydroxylation sites is 2. The minimum Gasteiger partial charge on any atom is -0.492 e. The fraction of sp³-hybridized carbons (Fsp3) is 0.316. The fourth-order valence-corrected chi connectivity index (χ4v) is 7.88. The first kappa shape index (κ1) is 36.2. The van der Waals surface area contributed by atoms with Gasteiger partial charge in [-0.25, -0.2) is 8.42 Å². The minimum absolute atomic E-state index is 0.00231. The van der Waals surface area contributed by atoms with Gasteiger partial charge in [-0.3, -0.25) is 13.9 Å². The van der Waals surface area contributed by atoms with Crippen molar-refractivity contribution in [1.29, 1.82) is 0 Å². The Morgan fingerprint density at radius 1 is 0.837 bits per heavy atom. The van der Waals surface area contributed by atoms with Crippen LogP contribution in [0.25, 0.3) is 0 Å². The lowest BCUT2D eigenvalue weighted by atomic mass is 9.94. The zero-order valence-electron chi connectivity index (χ0n) is 27.4. The van der Waals surface area contributed by atoms with Crippen molar-refractivity contribution in [2.75, 3.05) is 17.5 Å². The molecule has 49 heavy (non-hydrogen) atoms. The summed E-state index contributed by atoms with van der Waals surface area (Å²) in [5, 5.41) is 4.07. The molecule has 0 bridgehead atoms. The zero-order chi connectivity index (χ0) is 34.8. The molecule has 1 fully saturated rings. The Morgan fingerprint density at radius 3 is 2.20 bits per heavy atom. The molecule has 1 atom stereocenters. The number of sulfonamides is 1. The van der Waals surface area contributed by atoms with Gasteiger partial charge in [0.1, 0.15) is 18.3 Å². The molecule has 5 rings (SSSR count). The Morgan fingerprint density at radius 2 is 1.51 bits per heavy atom. The summed E-state index contributed by atoms with van der Waals surface area (Å²) in [5.74, 6) is -0.552. The quantitative estimate of drug-likeness (QED) is 0.144. The smallest absolute Gasteiger partial charge is 0.264 e.